The summed E-state index contributed by atoms with van der Waals surface area (Å²) in [6.07, 6.45) is 7.36. The largest absolute Gasteiger partial charge is 0.462 e. The van der Waals surface area contributed by atoms with Gasteiger partial charge in [0.15, 0.2) is 0 Å². The predicted molar refractivity (Wildman–Crippen MR) is 64.4 cm³/mol. The average Bonchev–Trinajstić information content (AvgIpc) is 2.68. The second-order valence-corrected chi connectivity index (χ2v) is 4.92. The molecule has 0 aromatic heterocycles. The van der Waals surface area contributed by atoms with Crippen LogP contribution in [0.1, 0.15) is 45.4 Å². The van der Waals surface area contributed by atoms with Crippen molar-refractivity contribution in [1.29, 1.82) is 0 Å². The zero-order valence-corrected chi connectivity index (χ0v) is 10.4. The molecule has 0 heterocycles. The molecule has 2 aliphatic carbocycles. The lowest BCUT2D eigenvalue weighted by molar-refractivity contribution is -0.137. The summed E-state index contributed by atoms with van der Waals surface area (Å²) in [6.45, 7) is 2.15. The Morgan fingerprint density at radius 3 is 3.12 bits per heavy atom. The molecule has 2 atom stereocenters. The van der Waals surface area contributed by atoms with E-state index in [-0.39, 0.29) is 5.97 Å². The first kappa shape index (κ1) is 12.4. The lowest BCUT2D eigenvalue weighted by atomic mass is 9.74. The maximum Gasteiger partial charge on any atom is 0.338 e. The topological polar surface area (TPSA) is 46.5 Å². The third-order valence-electron chi connectivity index (χ3n) is 3.94. The number of carbonyl (C=O) groups is 1. The van der Waals surface area contributed by atoms with Crippen LogP contribution in [0, 0.1) is 5.92 Å². The van der Waals surface area contributed by atoms with Gasteiger partial charge < -0.3 is 9.84 Å². The van der Waals surface area contributed by atoms with Crippen molar-refractivity contribution in [2.75, 3.05) is 6.61 Å². The SMILES string of the molecule is CCOC(=O)C=C=C1CCC[C@@H]2CCC[C@]12O. The van der Waals surface area contributed by atoms with E-state index >= 15 is 0 Å². The lowest BCUT2D eigenvalue weighted by Gasteiger charge is -2.36. The zero-order valence-electron chi connectivity index (χ0n) is 10.4. The van der Waals surface area contributed by atoms with Crippen LogP contribution in [-0.2, 0) is 9.53 Å². The van der Waals surface area contributed by atoms with E-state index in [9.17, 15) is 9.90 Å². The molecule has 0 aromatic rings. The van der Waals surface area contributed by atoms with Gasteiger partial charge in [0.25, 0.3) is 0 Å². The molecular formula is C14H20O3. The molecule has 0 aromatic carbocycles. The molecule has 94 valence electrons. The maximum atomic E-state index is 11.2. The Balaban J connectivity index is 2.19. The first-order chi connectivity index (χ1) is 8.16. The summed E-state index contributed by atoms with van der Waals surface area (Å²) >= 11 is 0. The summed E-state index contributed by atoms with van der Waals surface area (Å²) in [6, 6.07) is 0. The van der Waals surface area contributed by atoms with Gasteiger partial charge in [-0.3, -0.25) is 0 Å². The van der Waals surface area contributed by atoms with Crippen molar-refractivity contribution in [3.05, 3.63) is 17.4 Å². The number of ether oxygens (including phenoxy) is 1. The Labute approximate surface area is 102 Å². The molecule has 0 amide bonds. The van der Waals surface area contributed by atoms with Crippen LogP contribution in [0.3, 0.4) is 0 Å². The molecule has 2 saturated carbocycles. The van der Waals surface area contributed by atoms with Gasteiger partial charge in [-0.25, -0.2) is 4.79 Å². The van der Waals surface area contributed by atoms with Crippen LogP contribution in [0.2, 0.25) is 0 Å². The maximum absolute atomic E-state index is 11.2. The van der Waals surface area contributed by atoms with Crippen LogP contribution in [0.4, 0.5) is 0 Å². The molecule has 2 rings (SSSR count). The Morgan fingerprint density at radius 2 is 2.35 bits per heavy atom. The van der Waals surface area contributed by atoms with Gasteiger partial charge in [0, 0.05) is 5.57 Å². The van der Waals surface area contributed by atoms with Gasteiger partial charge in [-0.15, -0.1) is 5.73 Å². The fourth-order valence-corrected chi connectivity index (χ4v) is 3.11. The molecule has 0 unspecified atom stereocenters. The normalized spacial score (nSPS) is 31.6. The lowest BCUT2D eigenvalue weighted by Crippen LogP contribution is -2.38. The third kappa shape index (κ3) is 2.46. The number of hydrogen-bond donors (Lipinski definition) is 1. The van der Waals surface area contributed by atoms with Gasteiger partial charge in [-0.2, -0.15) is 0 Å². The van der Waals surface area contributed by atoms with Crippen LogP contribution in [0.25, 0.3) is 0 Å². The summed E-state index contributed by atoms with van der Waals surface area (Å²) < 4.78 is 4.83. The minimum absolute atomic E-state index is 0.370. The van der Waals surface area contributed by atoms with Crippen LogP contribution < -0.4 is 0 Å². The molecule has 2 fully saturated rings. The fraction of sp³-hybridized carbons (Fsp3) is 0.714. The van der Waals surface area contributed by atoms with E-state index in [1.807, 2.05) is 0 Å². The average molecular weight is 236 g/mol. The Morgan fingerprint density at radius 1 is 1.59 bits per heavy atom. The molecule has 17 heavy (non-hydrogen) atoms. The molecule has 0 saturated heterocycles. The quantitative estimate of drug-likeness (QED) is 0.455. The van der Waals surface area contributed by atoms with Crippen molar-refractivity contribution in [3.8, 4) is 0 Å². The molecule has 3 nitrogen and oxygen atoms in total. The third-order valence-corrected chi connectivity index (χ3v) is 3.94. The fourth-order valence-electron chi connectivity index (χ4n) is 3.11. The smallest absolute Gasteiger partial charge is 0.338 e. The van der Waals surface area contributed by atoms with E-state index < -0.39 is 5.60 Å². The number of aliphatic hydroxyl groups is 1. The van der Waals surface area contributed by atoms with Crippen molar-refractivity contribution in [2.45, 2.75) is 51.0 Å². The van der Waals surface area contributed by atoms with Gasteiger partial charge in [0.05, 0.1) is 18.3 Å². The molecule has 0 bridgehead atoms. The number of esters is 1. The highest BCUT2D eigenvalue weighted by atomic mass is 16.5. The standard InChI is InChI=1S/C14H20O3/c1-2-17-13(15)9-8-12-6-3-5-11-7-4-10-14(11,12)16/h9,11,16H,2-7,10H2,1H3/t8?,11-,14-/m1/s1. The first-order valence-corrected chi connectivity index (χ1v) is 6.52. The Kier molecular flexibility index (Phi) is 3.70. The van der Waals surface area contributed by atoms with E-state index in [1.165, 1.54) is 6.08 Å². The second-order valence-electron chi connectivity index (χ2n) is 4.92. The van der Waals surface area contributed by atoms with Crippen molar-refractivity contribution < 1.29 is 14.6 Å². The van der Waals surface area contributed by atoms with Gasteiger partial charge in [-0.05, 0) is 51.4 Å². The highest BCUT2D eigenvalue weighted by Crippen LogP contribution is 2.47. The van der Waals surface area contributed by atoms with Crippen LogP contribution in [0.15, 0.2) is 17.4 Å². The van der Waals surface area contributed by atoms with Crippen molar-refractivity contribution in [3.63, 3.8) is 0 Å². The van der Waals surface area contributed by atoms with E-state index in [0.717, 1.165) is 44.1 Å². The number of hydrogen-bond acceptors (Lipinski definition) is 3. The zero-order chi connectivity index (χ0) is 12.3. The summed E-state index contributed by atoms with van der Waals surface area (Å²) in [4.78, 5) is 11.2. The molecular weight excluding hydrogens is 216 g/mol. The number of rotatable bonds is 2. The summed E-state index contributed by atoms with van der Waals surface area (Å²) in [7, 11) is 0. The summed E-state index contributed by atoms with van der Waals surface area (Å²) in [5, 5.41) is 10.6. The van der Waals surface area contributed by atoms with Crippen LogP contribution in [0.5, 0.6) is 0 Å². The number of carbonyl (C=O) groups excluding carboxylic acids is 1. The van der Waals surface area contributed by atoms with Crippen LogP contribution in [-0.4, -0.2) is 23.3 Å². The van der Waals surface area contributed by atoms with Crippen LogP contribution >= 0.6 is 0 Å². The van der Waals surface area contributed by atoms with Crippen molar-refractivity contribution >= 4 is 5.97 Å². The van der Waals surface area contributed by atoms with Gasteiger partial charge in [0.1, 0.15) is 0 Å². The molecule has 0 aliphatic heterocycles. The summed E-state index contributed by atoms with van der Waals surface area (Å²) in [5.74, 6) is -0.00179. The Hall–Kier alpha value is -1.05. The first-order valence-electron chi connectivity index (χ1n) is 6.52. The Bertz CT molecular complexity index is 366. The second kappa shape index (κ2) is 5.07. The van der Waals surface area contributed by atoms with E-state index in [2.05, 4.69) is 5.73 Å². The number of fused-ring (bicyclic) bond motifs is 1. The van der Waals surface area contributed by atoms with Gasteiger partial charge in [0.2, 0.25) is 0 Å². The minimum Gasteiger partial charge on any atom is -0.462 e. The molecule has 0 spiro atoms. The van der Waals surface area contributed by atoms with Gasteiger partial charge >= 0.3 is 5.97 Å². The van der Waals surface area contributed by atoms with E-state index in [0.29, 0.717) is 12.5 Å². The highest BCUT2D eigenvalue weighted by molar-refractivity contribution is 5.81. The van der Waals surface area contributed by atoms with E-state index in [1.54, 1.807) is 6.92 Å². The van der Waals surface area contributed by atoms with E-state index in [4.69, 9.17) is 4.74 Å². The predicted octanol–water partition coefficient (Wildman–Crippen LogP) is 2.35. The molecule has 1 N–H and O–H groups in total. The highest BCUT2D eigenvalue weighted by Gasteiger charge is 2.45. The van der Waals surface area contributed by atoms with Crippen molar-refractivity contribution in [1.82, 2.24) is 0 Å². The summed E-state index contributed by atoms with van der Waals surface area (Å²) in [5.41, 5.74) is 3.19. The molecule has 0 radical (unpaired) electrons. The minimum atomic E-state index is -0.693. The van der Waals surface area contributed by atoms with Gasteiger partial charge in [-0.1, -0.05) is 0 Å². The molecule has 3 heteroatoms. The monoisotopic (exact) mass is 236 g/mol. The molecule has 2 aliphatic rings. The van der Waals surface area contributed by atoms with Crippen molar-refractivity contribution in [2.24, 2.45) is 5.92 Å².